The summed E-state index contributed by atoms with van der Waals surface area (Å²) in [5.74, 6) is -0.417. The molecule has 1 aromatic carbocycles. The van der Waals surface area contributed by atoms with Crippen molar-refractivity contribution in [3.05, 3.63) is 55.6 Å². The van der Waals surface area contributed by atoms with Gasteiger partial charge in [0.05, 0.1) is 6.54 Å². The first kappa shape index (κ1) is 18.8. The summed E-state index contributed by atoms with van der Waals surface area (Å²) in [7, 11) is 0. The number of halogens is 4. The van der Waals surface area contributed by atoms with E-state index in [9.17, 15) is 18.0 Å². The van der Waals surface area contributed by atoms with Crippen molar-refractivity contribution < 1.29 is 45.9 Å². The van der Waals surface area contributed by atoms with Gasteiger partial charge in [-0.1, -0.05) is 23.7 Å². The standard InChI is InChI=1S/C14H10F3INO.Y/c1-8-6-9(15)2-3-10(8)12-5-4-11(18)14(20)19(12)7-13(16)17;/h2-4,6,13H,7H2,1H3;/q-1;. The van der Waals surface area contributed by atoms with Gasteiger partial charge in [-0.15, -0.1) is 28.7 Å². The summed E-state index contributed by atoms with van der Waals surface area (Å²) in [5.41, 5.74) is 0.821. The number of hydrogen-bond acceptors (Lipinski definition) is 1. The van der Waals surface area contributed by atoms with Gasteiger partial charge in [-0.3, -0.25) is 4.79 Å². The Kier molecular flexibility index (Phi) is 7.07. The third kappa shape index (κ3) is 4.39. The van der Waals surface area contributed by atoms with E-state index >= 15 is 0 Å². The van der Waals surface area contributed by atoms with Crippen LogP contribution in [0.25, 0.3) is 11.3 Å². The summed E-state index contributed by atoms with van der Waals surface area (Å²) < 4.78 is 39.7. The average molecular weight is 481 g/mol. The predicted octanol–water partition coefficient (Wildman–Crippen LogP) is 3.63. The van der Waals surface area contributed by atoms with Crippen LogP contribution in [0.5, 0.6) is 0 Å². The molecule has 1 aromatic heterocycles. The van der Waals surface area contributed by atoms with Crippen LogP contribution in [-0.4, -0.2) is 11.0 Å². The molecule has 0 bridgehead atoms. The van der Waals surface area contributed by atoms with E-state index in [-0.39, 0.29) is 38.4 Å². The summed E-state index contributed by atoms with van der Waals surface area (Å²) in [4.78, 5) is 12.0. The number of aromatic nitrogens is 1. The Morgan fingerprint density at radius 3 is 2.62 bits per heavy atom. The van der Waals surface area contributed by atoms with Crippen molar-refractivity contribution in [2.45, 2.75) is 19.9 Å². The first-order valence-electron chi connectivity index (χ1n) is 5.76. The van der Waals surface area contributed by atoms with Gasteiger partial charge in [0.2, 0.25) is 5.56 Å². The van der Waals surface area contributed by atoms with Crippen molar-refractivity contribution in [2.24, 2.45) is 0 Å². The zero-order valence-corrected chi connectivity index (χ0v) is 16.0. The minimum absolute atomic E-state index is 0. The van der Waals surface area contributed by atoms with E-state index in [4.69, 9.17) is 0 Å². The fourth-order valence-electron chi connectivity index (χ4n) is 1.93. The van der Waals surface area contributed by atoms with Gasteiger partial charge in [-0.25, -0.2) is 13.2 Å². The minimum atomic E-state index is -2.65. The van der Waals surface area contributed by atoms with Gasteiger partial charge < -0.3 is 4.57 Å². The maximum Gasteiger partial charge on any atom is 0.256 e. The van der Waals surface area contributed by atoms with E-state index in [2.05, 4.69) is 6.07 Å². The monoisotopic (exact) mass is 481 g/mol. The first-order valence-corrected chi connectivity index (χ1v) is 6.83. The van der Waals surface area contributed by atoms with Crippen molar-refractivity contribution >= 4 is 22.6 Å². The van der Waals surface area contributed by atoms with Crippen LogP contribution in [-0.2, 0) is 39.3 Å². The van der Waals surface area contributed by atoms with E-state index in [1.165, 1.54) is 24.3 Å². The molecular weight excluding hydrogens is 471 g/mol. The zero-order chi connectivity index (χ0) is 14.9. The van der Waals surface area contributed by atoms with Gasteiger partial charge in [0.25, 0.3) is 6.43 Å². The van der Waals surface area contributed by atoms with Gasteiger partial charge >= 0.3 is 0 Å². The summed E-state index contributed by atoms with van der Waals surface area (Å²) >= 11 is 1.78. The summed E-state index contributed by atoms with van der Waals surface area (Å²) in [5, 5.41) is 0. The molecule has 0 aliphatic rings. The maximum absolute atomic E-state index is 13.1. The Morgan fingerprint density at radius 2 is 2.05 bits per heavy atom. The number of pyridine rings is 1. The molecule has 109 valence electrons. The van der Waals surface area contributed by atoms with Gasteiger partial charge in [0.15, 0.2) is 0 Å². The molecule has 7 heteroatoms. The SMILES string of the molecule is Cc1cc(F)ccc1-c1[c-]cc(I)c(=O)n1CC(F)F.[Y]. The van der Waals surface area contributed by atoms with E-state index in [1.54, 1.807) is 29.5 Å². The molecular formula is C14H10F3INOY-. The van der Waals surface area contributed by atoms with Gasteiger partial charge in [0.1, 0.15) is 5.82 Å². The molecule has 1 radical (unpaired) electrons. The largest absolute Gasteiger partial charge is 0.336 e. The molecule has 0 aliphatic heterocycles. The Bertz CT molecular complexity index is 703. The molecule has 21 heavy (non-hydrogen) atoms. The molecule has 1 heterocycles. The van der Waals surface area contributed by atoms with Gasteiger partial charge in [-0.2, -0.15) is 12.1 Å². The third-order valence-corrected chi connectivity index (χ3v) is 3.59. The topological polar surface area (TPSA) is 22.0 Å². The van der Waals surface area contributed by atoms with E-state index in [1.807, 2.05) is 0 Å². The smallest absolute Gasteiger partial charge is 0.256 e. The fourth-order valence-corrected chi connectivity index (χ4v) is 2.38. The van der Waals surface area contributed by atoms with Crippen LogP contribution in [0.15, 0.2) is 29.1 Å². The molecule has 0 atom stereocenters. The van der Waals surface area contributed by atoms with E-state index < -0.39 is 24.3 Å². The number of aryl methyl sites for hydroxylation is 1. The third-order valence-electron chi connectivity index (χ3n) is 2.82. The van der Waals surface area contributed by atoms with Crippen LogP contribution in [0.3, 0.4) is 0 Å². The molecule has 0 spiro atoms. The quantitative estimate of drug-likeness (QED) is 0.485. The molecule has 2 rings (SSSR count). The second-order valence-corrected chi connectivity index (χ2v) is 5.41. The summed E-state index contributed by atoms with van der Waals surface area (Å²) in [6, 6.07) is 8.26. The number of benzene rings is 1. The molecule has 0 amide bonds. The Balaban J connectivity index is 0.00000220. The number of nitrogens with zero attached hydrogens (tertiary/aromatic N) is 1. The minimum Gasteiger partial charge on any atom is -0.336 e. The molecule has 0 saturated carbocycles. The Hall–Kier alpha value is -0.206. The van der Waals surface area contributed by atoms with Crippen LogP contribution in [0.1, 0.15) is 5.56 Å². The van der Waals surface area contributed by atoms with Crippen LogP contribution >= 0.6 is 22.6 Å². The number of hydrogen-bond donors (Lipinski definition) is 0. The molecule has 2 aromatic rings. The molecule has 0 unspecified atom stereocenters. The molecule has 0 fully saturated rings. The Labute approximate surface area is 158 Å². The van der Waals surface area contributed by atoms with Crippen molar-refractivity contribution in [2.75, 3.05) is 0 Å². The van der Waals surface area contributed by atoms with Gasteiger partial charge in [0, 0.05) is 32.7 Å². The van der Waals surface area contributed by atoms with E-state index in [0.29, 0.717) is 14.7 Å². The Morgan fingerprint density at radius 1 is 1.38 bits per heavy atom. The van der Waals surface area contributed by atoms with E-state index in [0.717, 1.165) is 4.57 Å². The van der Waals surface area contributed by atoms with Crippen molar-refractivity contribution in [1.29, 1.82) is 0 Å². The van der Waals surface area contributed by atoms with Crippen molar-refractivity contribution in [1.82, 2.24) is 4.57 Å². The van der Waals surface area contributed by atoms with Crippen molar-refractivity contribution in [3.8, 4) is 11.3 Å². The molecule has 2 nitrogen and oxygen atoms in total. The zero-order valence-electron chi connectivity index (χ0n) is 11.0. The maximum atomic E-state index is 13.1. The molecule has 0 aliphatic carbocycles. The normalized spacial score (nSPS) is 10.6. The summed E-state index contributed by atoms with van der Waals surface area (Å²) in [6.45, 7) is 0.944. The molecule has 0 N–H and O–H groups in total. The summed E-state index contributed by atoms with van der Waals surface area (Å²) in [6.07, 6.45) is -2.65. The average Bonchev–Trinajstić information content (AvgIpc) is 2.36. The second kappa shape index (κ2) is 7.88. The van der Waals surface area contributed by atoms with Crippen LogP contribution < -0.4 is 5.56 Å². The number of rotatable bonds is 3. The van der Waals surface area contributed by atoms with Crippen LogP contribution in [0, 0.1) is 22.4 Å². The fraction of sp³-hybridized carbons (Fsp3) is 0.214. The predicted molar refractivity (Wildman–Crippen MR) is 78.4 cm³/mol. The molecule has 0 saturated heterocycles. The number of alkyl halides is 2. The van der Waals surface area contributed by atoms with Crippen LogP contribution in [0.2, 0.25) is 0 Å². The second-order valence-electron chi connectivity index (χ2n) is 4.25. The first-order chi connectivity index (χ1) is 9.40. The van der Waals surface area contributed by atoms with Crippen LogP contribution in [0.4, 0.5) is 13.2 Å². The van der Waals surface area contributed by atoms with Crippen molar-refractivity contribution in [3.63, 3.8) is 0 Å². The van der Waals surface area contributed by atoms with Gasteiger partial charge in [-0.05, 0) is 15.7 Å².